The third kappa shape index (κ3) is 5.07. The number of hydrogen-bond donors (Lipinski definition) is 3. The molecule has 3 aliphatic rings. The van der Waals surface area contributed by atoms with Gasteiger partial charge >= 0.3 is 0 Å². The van der Waals surface area contributed by atoms with Gasteiger partial charge in [-0.1, -0.05) is 49.4 Å². The molecule has 3 amide bonds. The van der Waals surface area contributed by atoms with Crippen LogP contribution in [0, 0.1) is 5.92 Å². The summed E-state index contributed by atoms with van der Waals surface area (Å²) in [6.45, 7) is 5.16. The summed E-state index contributed by atoms with van der Waals surface area (Å²) in [7, 11) is -3.47. The second-order valence-electron chi connectivity index (χ2n) is 12.3. The highest BCUT2D eigenvalue weighted by molar-refractivity contribution is 6.72. The van der Waals surface area contributed by atoms with E-state index in [1.54, 1.807) is 60.5 Å². The van der Waals surface area contributed by atoms with Crippen molar-refractivity contribution >= 4 is 37.5 Å². The third-order valence-corrected chi connectivity index (χ3v) is 11.7. The van der Waals surface area contributed by atoms with Crippen LogP contribution in [0.4, 0.5) is 15.5 Å². The van der Waals surface area contributed by atoms with Gasteiger partial charge in [0.2, 0.25) is 14.3 Å². The maximum atomic E-state index is 16.1. The molecule has 224 valence electrons. The first kappa shape index (κ1) is 29.2. The first-order valence-corrected chi connectivity index (χ1v) is 17.6. The molecule has 8 nitrogen and oxygen atoms in total. The fourth-order valence-electron chi connectivity index (χ4n) is 7.27. The Labute approximate surface area is 251 Å². The van der Waals surface area contributed by atoms with E-state index < -0.39 is 43.5 Å². The van der Waals surface area contributed by atoms with Crippen molar-refractivity contribution in [2.45, 2.75) is 62.7 Å². The van der Waals surface area contributed by atoms with Gasteiger partial charge in [0.1, 0.15) is 0 Å². The Morgan fingerprint density at radius 1 is 1.09 bits per heavy atom. The van der Waals surface area contributed by atoms with Gasteiger partial charge in [0.15, 0.2) is 5.60 Å². The Bertz CT molecular complexity index is 1580. The average molecular weight is 602 g/mol. The van der Waals surface area contributed by atoms with Gasteiger partial charge < -0.3 is 29.5 Å². The zero-order valence-electron chi connectivity index (χ0n) is 24.5. The molecule has 43 heavy (non-hydrogen) atoms. The highest BCUT2D eigenvalue weighted by Crippen LogP contribution is 2.59. The smallest absolute Gasteiger partial charge is 0.261 e. The average Bonchev–Trinajstić information content (AvgIpc) is 3.44. The number of carbonyl (C=O) groups excluding carboxylic acids is 3. The maximum Gasteiger partial charge on any atom is 0.261 e. The summed E-state index contributed by atoms with van der Waals surface area (Å²) in [5, 5.41) is 15.9. The van der Waals surface area contributed by atoms with Crippen LogP contribution in [-0.4, -0.2) is 54.9 Å². The van der Waals surface area contributed by atoms with Gasteiger partial charge in [-0.25, -0.2) is 0 Å². The summed E-state index contributed by atoms with van der Waals surface area (Å²) >= 11 is 0. The van der Waals surface area contributed by atoms with Crippen LogP contribution in [0.1, 0.15) is 40.4 Å². The Morgan fingerprint density at radius 2 is 1.79 bits per heavy atom. The third-order valence-electron chi connectivity index (χ3n) is 9.27. The summed E-state index contributed by atoms with van der Waals surface area (Å²) in [4.78, 5) is 42.1. The Hall–Kier alpha value is -3.86. The van der Waals surface area contributed by atoms with E-state index in [1.165, 1.54) is 0 Å². The Morgan fingerprint density at radius 3 is 2.49 bits per heavy atom. The standard InChI is InChI=1S/C33H36FN3O5Si/c1-20-30(43(2,3)34)28(17-29(39)37-18-23-12-8-7-11-22(23)15-25(37)19-38)42-33(20)26-16-24(13-14-27(26)36-32(33)41)35-31(40)21-9-5-4-6-10-21/h4-14,16,20,25,28,30,38H,15,17-19H2,1-3H3,(H,35,40)(H,36,41)/t20-,25+,28+,30-,33+/m1/s1. The summed E-state index contributed by atoms with van der Waals surface area (Å²) < 4.78 is 22.7. The first-order valence-electron chi connectivity index (χ1n) is 14.7. The summed E-state index contributed by atoms with van der Waals surface area (Å²) in [5.41, 5.74) is 1.97. The SMILES string of the molecule is C[C@@H]1[C@@H]([Si](C)(C)F)[C@H](CC(=O)N2Cc3ccccc3C[C@H]2CO)O[C@@]12C(=O)Nc1ccc(NC(=O)c3ccccc3)cc12. The second kappa shape index (κ2) is 11.0. The van der Waals surface area contributed by atoms with E-state index in [-0.39, 0.29) is 24.8 Å². The van der Waals surface area contributed by atoms with E-state index in [0.717, 1.165) is 11.1 Å². The highest BCUT2D eigenvalue weighted by atomic mass is 28.4. The summed E-state index contributed by atoms with van der Waals surface area (Å²) in [6.07, 6.45) is -0.419. The van der Waals surface area contributed by atoms with E-state index in [1.807, 2.05) is 37.3 Å². The van der Waals surface area contributed by atoms with E-state index >= 15 is 4.11 Å². The van der Waals surface area contributed by atoms with Crippen molar-refractivity contribution in [3.05, 3.63) is 95.1 Å². The fourth-order valence-corrected chi connectivity index (χ4v) is 9.76. The molecule has 1 spiro atoms. The number of nitrogens with one attached hydrogen (secondary N) is 2. The van der Waals surface area contributed by atoms with Crippen molar-refractivity contribution in [3.63, 3.8) is 0 Å². The highest BCUT2D eigenvalue weighted by Gasteiger charge is 2.65. The van der Waals surface area contributed by atoms with Crippen molar-refractivity contribution in [3.8, 4) is 0 Å². The van der Waals surface area contributed by atoms with Crippen molar-refractivity contribution in [1.29, 1.82) is 0 Å². The van der Waals surface area contributed by atoms with E-state index in [0.29, 0.717) is 35.5 Å². The van der Waals surface area contributed by atoms with Crippen molar-refractivity contribution in [2.75, 3.05) is 17.2 Å². The monoisotopic (exact) mass is 601 g/mol. The minimum absolute atomic E-state index is 0.108. The van der Waals surface area contributed by atoms with Gasteiger partial charge in [-0.2, -0.15) is 0 Å². The number of nitrogens with zero attached hydrogens (tertiary/aromatic N) is 1. The van der Waals surface area contributed by atoms with Crippen LogP contribution in [0.3, 0.4) is 0 Å². The molecule has 0 aromatic heterocycles. The quantitative estimate of drug-likeness (QED) is 0.272. The molecule has 3 heterocycles. The van der Waals surface area contributed by atoms with Gasteiger partial charge in [0, 0.05) is 40.5 Å². The number of ether oxygens (including phenoxy) is 1. The molecule has 3 aliphatic heterocycles. The minimum Gasteiger partial charge on any atom is -0.394 e. The largest absolute Gasteiger partial charge is 0.394 e. The molecular weight excluding hydrogens is 565 g/mol. The molecule has 1 fully saturated rings. The van der Waals surface area contributed by atoms with E-state index in [4.69, 9.17) is 4.74 Å². The lowest BCUT2D eigenvalue weighted by Crippen LogP contribution is -2.48. The van der Waals surface area contributed by atoms with Crippen molar-refractivity contribution < 1.29 is 28.3 Å². The number of rotatable bonds is 6. The lowest BCUT2D eigenvalue weighted by molar-refractivity contribution is -0.149. The fraction of sp³-hybridized carbons (Fsp3) is 0.364. The van der Waals surface area contributed by atoms with Crippen LogP contribution >= 0.6 is 0 Å². The molecule has 5 atom stereocenters. The van der Waals surface area contributed by atoms with Crippen LogP contribution in [0.5, 0.6) is 0 Å². The van der Waals surface area contributed by atoms with Crippen molar-refractivity contribution in [1.82, 2.24) is 4.90 Å². The molecule has 0 aliphatic carbocycles. The molecule has 10 heteroatoms. The molecule has 3 aromatic carbocycles. The first-order chi connectivity index (χ1) is 20.5. The number of carbonyl (C=O) groups is 3. The zero-order chi connectivity index (χ0) is 30.5. The lowest BCUT2D eigenvalue weighted by atomic mass is 9.82. The van der Waals surface area contributed by atoms with Crippen LogP contribution in [0.25, 0.3) is 0 Å². The molecule has 1 saturated heterocycles. The summed E-state index contributed by atoms with van der Waals surface area (Å²) in [5.74, 6) is -1.52. The number of fused-ring (bicyclic) bond motifs is 3. The predicted molar refractivity (Wildman–Crippen MR) is 164 cm³/mol. The van der Waals surface area contributed by atoms with Crippen LogP contribution in [-0.2, 0) is 32.9 Å². The number of amides is 3. The van der Waals surface area contributed by atoms with Crippen LogP contribution < -0.4 is 10.6 Å². The number of aliphatic hydroxyl groups excluding tert-OH is 1. The normalized spacial score (nSPS) is 26.2. The molecule has 0 bridgehead atoms. The number of hydrogen-bond acceptors (Lipinski definition) is 5. The summed E-state index contributed by atoms with van der Waals surface area (Å²) in [6, 6.07) is 21.4. The lowest BCUT2D eigenvalue weighted by Gasteiger charge is -2.37. The molecule has 0 unspecified atom stereocenters. The molecule has 3 N–H and O–H groups in total. The predicted octanol–water partition coefficient (Wildman–Crippen LogP) is 5.00. The maximum absolute atomic E-state index is 16.1. The molecule has 6 rings (SSSR count). The van der Waals surface area contributed by atoms with Gasteiger partial charge in [-0.3, -0.25) is 14.4 Å². The van der Waals surface area contributed by atoms with Gasteiger partial charge in [0.25, 0.3) is 11.8 Å². The molecule has 3 aromatic rings. The molecular formula is C33H36FN3O5Si. The number of halogens is 1. The van der Waals surface area contributed by atoms with Gasteiger partial charge in [-0.05, 0) is 61.0 Å². The number of anilines is 2. The number of benzene rings is 3. The number of aliphatic hydroxyl groups is 1. The van der Waals surface area contributed by atoms with Crippen LogP contribution in [0.15, 0.2) is 72.8 Å². The molecule has 0 saturated carbocycles. The van der Waals surface area contributed by atoms with E-state index in [2.05, 4.69) is 10.6 Å². The second-order valence-corrected chi connectivity index (χ2v) is 16.1. The van der Waals surface area contributed by atoms with Crippen LogP contribution in [0.2, 0.25) is 18.6 Å². The Kier molecular flexibility index (Phi) is 7.48. The van der Waals surface area contributed by atoms with Gasteiger partial charge in [-0.15, -0.1) is 0 Å². The van der Waals surface area contributed by atoms with Gasteiger partial charge in [0.05, 0.1) is 25.2 Å². The van der Waals surface area contributed by atoms with E-state index in [9.17, 15) is 19.5 Å². The minimum atomic E-state index is -3.47. The molecule has 0 radical (unpaired) electrons. The van der Waals surface area contributed by atoms with Crippen molar-refractivity contribution in [2.24, 2.45) is 5.92 Å². The zero-order valence-corrected chi connectivity index (χ0v) is 25.5. The topological polar surface area (TPSA) is 108 Å². The Balaban J connectivity index is 1.30.